The van der Waals surface area contributed by atoms with Crippen LogP contribution in [0.5, 0.6) is 0 Å². The molecule has 14 heavy (non-hydrogen) atoms. The predicted octanol–water partition coefficient (Wildman–Crippen LogP) is 1.26. The number of nitrogens with two attached hydrogens (primary N) is 1. The molecule has 1 aromatic heterocycles. The van der Waals surface area contributed by atoms with Crippen LogP contribution in [-0.2, 0) is 6.54 Å². The molecule has 1 rings (SSSR count). The lowest BCUT2D eigenvalue weighted by Crippen LogP contribution is -2.35. The van der Waals surface area contributed by atoms with Crippen molar-refractivity contribution in [1.82, 2.24) is 15.3 Å². The van der Waals surface area contributed by atoms with Crippen molar-refractivity contribution < 1.29 is 0 Å². The number of nitrogens with one attached hydrogen (secondary N) is 1. The molecule has 0 amide bonds. The first kappa shape index (κ1) is 10.9. The zero-order chi connectivity index (χ0) is 10.8. The number of aromatic nitrogens is 2. The van der Waals surface area contributed by atoms with E-state index >= 15 is 0 Å². The molecular weight excluding hydrogens is 176 g/mol. The highest BCUT2D eigenvalue weighted by molar-refractivity contribution is 5.37. The van der Waals surface area contributed by atoms with Crippen LogP contribution >= 0.6 is 0 Å². The number of anilines is 1. The summed E-state index contributed by atoms with van der Waals surface area (Å²) >= 11 is 0. The van der Waals surface area contributed by atoms with Gasteiger partial charge in [-0.05, 0) is 27.7 Å². The summed E-state index contributed by atoms with van der Waals surface area (Å²) < 4.78 is 0. The van der Waals surface area contributed by atoms with Gasteiger partial charge >= 0.3 is 0 Å². The Bertz CT molecular complexity index is 314. The molecule has 0 fully saturated rings. The highest BCUT2D eigenvalue weighted by Crippen LogP contribution is 2.08. The molecule has 0 saturated carbocycles. The summed E-state index contributed by atoms with van der Waals surface area (Å²) in [5.74, 6) is 1.27. The molecule has 0 aliphatic rings. The van der Waals surface area contributed by atoms with Gasteiger partial charge in [0.1, 0.15) is 11.6 Å². The molecule has 0 radical (unpaired) electrons. The van der Waals surface area contributed by atoms with Gasteiger partial charge in [-0.2, -0.15) is 0 Å². The molecular formula is C10H18N4. The Kier molecular flexibility index (Phi) is 3.06. The van der Waals surface area contributed by atoms with Gasteiger partial charge in [-0.3, -0.25) is 0 Å². The van der Waals surface area contributed by atoms with Crippen molar-refractivity contribution in [3.63, 3.8) is 0 Å². The molecule has 0 unspecified atom stereocenters. The summed E-state index contributed by atoms with van der Waals surface area (Å²) in [5.41, 5.74) is 6.79. The fourth-order valence-corrected chi connectivity index (χ4v) is 1.01. The molecule has 0 aliphatic heterocycles. The molecule has 0 aliphatic carbocycles. The Morgan fingerprint density at radius 1 is 1.43 bits per heavy atom. The van der Waals surface area contributed by atoms with Gasteiger partial charge < -0.3 is 11.1 Å². The average molecular weight is 194 g/mol. The summed E-state index contributed by atoms with van der Waals surface area (Å²) in [7, 11) is 0. The lowest BCUT2D eigenvalue weighted by atomic mass is 10.1. The van der Waals surface area contributed by atoms with E-state index in [9.17, 15) is 0 Å². The highest BCUT2D eigenvalue weighted by Gasteiger charge is 2.10. The minimum absolute atomic E-state index is 0.0807. The minimum Gasteiger partial charge on any atom is -0.383 e. The zero-order valence-electron chi connectivity index (χ0n) is 9.26. The molecule has 4 nitrogen and oxygen atoms in total. The molecule has 78 valence electrons. The Labute approximate surface area is 85.0 Å². The van der Waals surface area contributed by atoms with Crippen molar-refractivity contribution in [2.75, 3.05) is 5.73 Å². The van der Waals surface area contributed by atoms with E-state index in [1.54, 1.807) is 6.20 Å². The summed E-state index contributed by atoms with van der Waals surface area (Å²) in [6.07, 6.45) is 1.77. The van der Waals surface area contributed by atoms with Gasteiger partial charge in [-0.25, -0.2) is 9.97 Å². The van der Waals surface area contributed by atoms with Crippen LogP contribution in [-0.4, -0.2) is 15.5 Å². The number of nitrogens with zero attached hydrogens (tertiary/aromatic N) is 2. The standard InChI is InChI=1S/C10H18N4/c1-7-12-5-8(9(11)14-7)6-13-10(2,3)4/h5,13H,6H2,1-4H3,(H2,11,12,14). The molecule has 1 heterocycles. The first-order chi connectivity index (χ1) is 6.38. The Morgan fingerprint density at radius 2 is 2.07 bits per heavy atom. The maximum absolute atomic E-state index is 5.76. The molecule has 0 aromatic carbocycles. The second kappa shape index (κ2) is 3.92. The monoisotopic (exact) mass is 194 g/mol. The fourth-order valence-electron chi connectivity index (χ4n) is 1.01. The van der Waals surface area contributed by atoms with E-state index in [0.717, 1.165) is 5.56 Å². The second-order valence-corrected chi connectivity index (χ2v) is 4.43. The fraction of sp³-hybridized carbons (Fsp3) is 0.600. The van der Waals surface area contributed by atoms with E-state index in [0.29, 0.717) is 18.2 Å². The Morgan fingerprint density at radius 3 is 2.57 bits per heavy atom. The first-order valence-electron chi connectivity index (χ1n) is 4.71. The smallest absolute Gasteiger partial charge is 0.131 e. The van der Waals surface area contributed by atoms with Gasteiger partial charge in [-0.1, -0.05) is 0 Å². The van der Waals surface area contributed by atoms with Crippen LogP contribution in [0.15, 0.2) is 6.20 Å². The Hall–Kier alpha value is -1.16. The molecule has 0 spiro atoms. The van der Waals surface area contributed by atoms with Crippen LogP contribution in [0.2, 0.25) is 0 Å². The summed E-state index contributed by atoms with van der Waals surface area (Å²) in [5, 5.41) is 3.34. The van der Waals surface area contributed by atoms with Crippen LogP contribution in [0.4, 0.5) is 5.82 Å². The minimum atomic E-state index is 0.0807. The van der Waals surface area contributed by atoms with E-state index in [4.69, 9.17) is 5.73 Å². The summed E-state index contributed by atoms with van der Waals surface area (Å²) in [4.78, 5) is 8.21. The number of nitrogen functional groups attached to an aromatic ring is 1. The van der Waals surface area contributed by atoms with E-state index in [2.05, 4.69) is 36.1 Å². The van der Waals surface area contributed by atoms with Crippen molar-refractivity contribution >= 4 is 5.82 Å². The molecule has 4 heteroatoms. The summed E-state index contributed by atoms with van der Waals surface area (Å²) in [6.45, 7) is 8.86. The maximum atomic E-state index is 5.76. The third-order valence-corrected chi connectivity index (χ3v) is 1.83. The first-order valence-corrected chi connectivity index (χ1v) is 4.71. The highest BCUT2D eigenvalue weighted by atomic mass is 15.0. The van der Waals surface area contributed by atoms with E-state index in [1.807, 2.05) is 6.92 Å². The second-order valence-electron chi connectivity index (χ2n) is 4.43. The topological polar surface area (TPSA) is 63.8 Å². The molecule has 3 N–H and O–H groups in total. The quantitative estimate of drug-likeness (QED) is 0.744. The molecule has 0 saturated heterocycles. The van der Waals surface area contributed by atoms with E-state index < -0.39 is 0 Å². The Balaban J connectivity index is 2.68. The van der Waals surface area contributed by atoms with Crippen molar-refractivity contribution in [2.24, 2.45) is 0 Å². The lowest BCUT2D eigenvalue weighted by molar-refractivity contribution is 0.424. The van der Waals surface area contributed by atoms with E-state index in [-0.39, 0.29) is 5.54 Å². The van der Waals surface area contributed by atoms with Gasteiger partial charge in [0, 0.05) is 23.8 Å². The molecule has 0 atom stereocenters. The van der Waals surface area contributed by atoms with Gasteiger partial charge in [0.15, 0.2) is 0 Å². The summed E-state index contributed by atoms with van der Waals surface area (Å²) in [6, 6.07) is 0. The van der Waals surface area contributed by atoms with E-state index in [1.165, 1.54) is 0 Å². The lowest BCUT2D eigenvalue weighted by Gasteiger charge is -2.20. The number of hydrogen-bond donors (Lipinski definition) is 2. The van der Waals surface area contributed by atoms with Crippen molar-refractivity contribution in [1.29, 1.82) is 0 Å². The number of rotatable bonds is 2. The van der Waals surface area contributed by atoms with Crippen LogP contribution in [0.25, 0.3) is 0 Å². The van der Waals surface area contributed by atoms with Gasteiger partial charge in [0.05, 0.1) is 0 Å². The van der Waals surface area contributed by atoms with Gasteiger partial charge in [0.25, 0.3) is 0 Å². The van der Waals surface area contributed by atoms with Crippen molar-refractivity contribution in [2.45, 2.75) is 39.8 Å². The van der Waals surface area contributed by atoms with Gasteiger partial charge in [0.2, 0.25) is 0 Å². The normalized spacial score (nSPS) is 11.7. The number of hydrogen-bond acceptors (Lipinski definition) is 4. The largest absolute Gasteiger partial charge is 0.383 e. The number of aryl methyl sites for hydroxylation is 1. The SMILES string of the molecule is Cc1ncc(CNC(C)(C)C)c(N)n1. The zero-order valence-corrected chi connectivity index (χ0v) is 9.26. The maximum Gasteiger partial charge on any atom is 0.131 e. The van der Waals surface area contributed by atoms with Crippen LogP contribution < -0.4 is 11.1 Å². The van der Waals surface area contributed by atoms with Crippen LogP contribution in [0.3, 0.4) is 0 Å². The third kappa shape index (κ3) is 3.30. The van der Waals surface area contributed by atoms with Crippen molar-refractivity contribution in [3.8, 4) is 0 Å². The van der Waals surface area contributed by atoms with Gasteiger partial charge in [-0.15, -0.1) is 0 Å². The van der Waals surface area contributed by atoms with Crippen LogP contribution in [0.1, 0.15) is 32.2 Å². The molecule has 1 aromatic rings. The molecule has 0 bridgehead atoms. The average Bonchev–Trinajstić information content (AvgIpc) is 2.00. The van der Waals surface area contributed by atoms with Crippen LogP contribution in [0, 0.1) is 6.92 Å². The third-order valence-electron chi connectivity index (χ3n) is 1.83. The van der Waals surface area contributed by atoms with Crippen molar-refractivity contribution in [3.05, 3.63) is 17.6 Å². The predicted molar refractivity (Wildman–Crippen MR) is 57.8 cm³/mol.